The van der Waals surface area contributed by atoms with Gasteiger partial charge in [0.15, 0.2) is 11.2 Å². The van der Waals surface area contributed by atoms with Gasteiger partial charge in [-0.15, -0.1) is 15.3 Å². The highest BCUT2D eigenvalue weighted by Crippen LogP contribution is 2.25. The predicted molar refractivity (Wildman–Crippen MR) is 120 cm³/mol. The fourth-order valence-electron chi connectivity index (χ4n) is 3.38. The molecule has 5 rings (SSSR count). The lowest BCUT2D eigenvalue weighted by molar-refractivity contribution is -0.139. The average molecular weight is 446 g/mol. The number of esters is 1. The van der Waals surface area contributed by atoms with E-state index in [9.17, 15) is 4.79 Å². The fraction of sp³-hybridized carbons (Fsp3) is 0.182. The molecule has 0 radical (unpaired) electrons. The number of aromatic nitrogens is 7. The van der Waals surface area contributed by atoms with Crippen LogP contribution in [0.15, 0.2) is 59.8 Å². The predicted octanol–water partition coefficient (Wildman–Crippen LogP) is 3.17. The summed E-state index contributed by atoms with van der Waals surface area (Å²) >= 11 is 1.53. The monoisotopic (exact) mass is 445 g/mol. The number of benzene rings is 2. The molecule has 0 aliphatic rings. The van der Waals surface area contributed by atoms with Crippen LogP contribution in [-0.2, 0) is 21.7 Å². The molecule has 0 unspecified atom stereocenters. The largest absolute Gasteiger partial charge is 0.469 e. The maximum absolute atomic E-state index is 11.9. The molecule has 160 valence electrons. The highest BCUT2D eigenvalue weighted by atomic mass is 32.2. The number of rotatable bonds is 6. The van der Waals surface area contributed by atoms with Gasteiger partial charge in [-0.25, -0.2) is 4.68 Å². The van der Waals surface area contributed by atoms with Crippen LogP contribution in [0.5, 0.6) is 0 Å². The molecule has 0 bridgehead atoms. The number of ether oxygens (including phenoxy) is 1. The SMILES string of the molecule is COC(=O)Cc1nn(-c2ccccc2)c2c1nnc1nc(SCc3ccccc3C)nn12. The third-order valence-electron chi connectivity index (χ3n) is 5.08. The van der Waals surface area contributed by atoms with Crippen molar-refractivity contribution in [1.29, 1.82) is 0 Å². The van der Waals surface area contributed by atoms with E-state index in [0.29, 0.717) is 27.8 Å². The molecule has 0 saturated heterocycles. The first kappa shape index (κ1) is 20.1. The number of fused-ring (bicyclic) bond motifs is 3. The van der Waals surface area contributed by atoms with Gasteiger partial charge in [0.25, 0.3) is 5.78 Å². The lowest BCUT2D eigenvalue weighted by Gasteiger charge is -2.03. The Morgan fingerprint density at radius 2 is 1.81 bits per heavy atom. The van der Waals surface area contributed by atoms with Gasteiger partial charge >= 0.3 is 5.97 Å². The Morgan fingerprint density at radius 3 is 2.59 bits per heavy atom. The molecule has 0 aliphatic carbocycles. The Balaban J connectivity index is 1.61. The number of carbonyl (C=O) groups is 1. The van der Waals surface area contributed by atoms with Crippen molar-refractivity contribution in [2.45, 2.75) is 24.3 Å². The topological polar surface area (TPSA) is 100 Å². The van der Waals surface area contributed by atoms with Gasteiger partial charge in [0.2, 0.25) is 5.16 Å². The molecule has 0 N–H and O–H groups in total. The van der Waals surface area contributed by atoms with E-state index in [1.165, 1.54) is 30.0 Å². The summed E-state index contributed by atoms with van der Waals surface area (Å²) in [5.41, 5.74) is 4.80. The molecular weight excluding hydrogens is 426 g/mol. The zero-order valence-electron chi connectivity index (χ0n) is 17.5. The Hall–Kier alpha value is -3.79. The normalized spacial score (nSPS) is 11.3. The number of aryl methyl sites for hydroxylation is 1. The molecule has 0 spiro atoms. The van der Waals surface area contributed by atoms with Crippen LogP contribution in [0, 0.1) is 6.92 Å². The molecule has 3 aromatic heterocycles. The number of para-hydroxylation sites is 1. The van der Waals surface area contributed by atoms with E-state index in [1.54, 1.807) is 9.20 Å². The van der Waals surface area contributed by atoms with Crippen molar-refractivity contribution in [2.75, 3.05) is 7.11 Å². The van der Waals surface area contributed by atoms with E-state index < -0.39 is 5.97 Å². The van der Waals surface area contributed by atoms with Gasteiger partial charge in [0.1, 0.15) is 5.69 Å². The smallest absolute Gasteiger partial charge is 0.311 e. The second-order valence-electron chi connectivity index (χ2n) is 7.14. The standard InChI is InChI=1S/C22H19N7O2S/c1-14-8-6-7-9-15(14)13-32-22-23-21-25-24-19-17(12-18(30)31-2)26-28(20(19)29(21)27-22)16-10-4-3-5-11-16/h3-11H,12-13H2,1-2H3. The van der Waals surface area contributed by atoms with Crippen molar-refractivity contribution in [2.24, 2.45) is 0 Å². The van der Waals surface area contributed by atoms with Gasteiger partial charge in [-0.05, 0) is 30.2 Å². The van der Waals surface area contributed by atoms with Crippen LogP contribution in [-0.4, -0.2) is 47.7 Å². The molecule has 5 aromatic rings. The zero-order valence-corrected chi connectivity index (χ0v) is 18.3. The quantitative estimate of drug-likeness (QED) is 0.290. The Kier molecular flexibility index (Phi) is 5.28. The molecule has 9 nitrogen and oxygen atoms in total. The summed E-state index contributed by atoms with van der Waals surface area (Å²) in [7, 11) is 1.35. The Morgan fingerprint density at radius 1 is 1.03 bits per heavy atom. The number of carbonyl (C=O) groups excluding carboxylic acids is 1. The first-order chi connectivity index (χ1) is 15.6. The first-order valence-corrected chi connectivity index (χ1v) is 10.9. The maximum atomic E-state index is 11.9. The van der Waals surface area contributed by atoms with E-state index in [-0.39, 0.29) is 6.42 Å². The van der Waals surface area contributed by atoms with E-state index in [0.717, 1.165) is 11.4 Å². The van der Waals surface area contributed by atoms with Gasteiger partial charge in [-0.1, -0.05) is 54.2 Å². The summed E-state index contributed by atoms with van der Waals surface area (Å²) in [6.45, 7) is 2.09. The molecule has 0 fully saturated rings. The zero-order chi connectivity index (χ0) is 22.1. The third-order valence-corrected chi connectivity index (χ3v) is 5.96. The average Bonchev–Trinajstić information content (AvgIpc) is 3.40. The van der Waals surface area contributed by atoms with Crippen LogP contribution in [0.1, 0.15) is 16.8 Å². The molecule has 0 amide bonds. The van der Waals surface area contributed by atoms with Crippen LogP contribution in [0.25, 0.3) is 22.6 Å². The van der Waals surface area contributed by atoms with Gasteiger partial charge in [0, 0.05) is 5.75 Å². The molecule has 3 heterocycles. The maximum Gasteiger partial charge on any atom is 0.311 e. The molecule has 0 saturated carbocycles. The summed E-state index contributed by atoms with van der Waals surface area (Å²) < 4.78 is 8.16. The van der Waals surface area contributed by atoms with E-state index in [1.807, 2.05) is 42.5 Å². The van der Waals surface area contributed by atoms with Gasteiger partial charge in [-0.3, -0.25) is 4.79 Å². The minimum Gasteiger partial charge on any atom is -0.469 e. The van der Waals surface area contributed by atoms with E-state index in [2.05, 4.69) is 44.4 Å². The second kappa shape index (κ2) is 8.39. The second-order valence-corrected chi connectivity index (χ2v) is 8.08. The number of nitrogens with zero attached hydrogens (tertiary/aromatic N) is 7. The van der Waals surface area contributed by atoms with Crippen LogP contribution in [0.4, 0.5) is 0 Å². The van der Waals surface area contributed by atoms with Crippen LogP contribution in [0.2, 0.25) is 0 Å². The van der Waals surface area contributed by atoms with E-state index in [4.69, 9.17) is 4.74 Å². The minimum absolute atomic E-state index is 0.0173. The van der Waals surface area contributed by atoms with Crippen molar-refractivity contribution in [3.05, 3.63) is 71.4 Å². The summed E-state index contributed by atoms with van der Waals surface area (Å²) in [4.78, 5) is 16.5. The lowest BCUT2D eigenvalue weighted by Crippen LogP contribution is -2.06. The number of thioether (sulfide) groups is 1. The summed E-state index contributed by atoms with van der Waals surface area (Å²) in [5.74, 6) is 0.706. The highest BCUT2D eigenvalue weighted by Gasteiger charge is 2.21. The molecule has 32 heavy (non-hydrogen) atoms. The fourth-order valence-corrected chi connectivity index (χ4v) is 4.27. The van der Waals surface area contributed by atoms with Crippen LogP contribution < -0.4 is 0 Å². The van der Waals surface area contributed by atoms with Gasteiger partial charge in [-0.2, -0.15) is 14.6 Å². The molecule has 2 aromatic carbocycles. The number of hydrogen-bond donors (Lipinski definition) is 0. The number of hydrogen-bond acceptors (Lipinski definition) is 8. The minimum atomic E-state index is -0.403. The molecule has 10 heteroatoms. The number of methoxy groups -OCH3 is 1. The van der Waals surface area contributed by atoms with Crippen LogP contribution in [0.3, 0.4) is 0 Å². The summed E-state index contributed by atoms with van der Waals surface area (Å²) in [6.07, 6.45) is -0.0173. The summed E-state index contributed by atoms with van der Waals surface area (Å²) in [5, 5.41) is 18.4. The van der Waals surface area contributed by atoms with Crippen LogP contribution >= 0.6 is 11.8 Å². The highest BCUT2D eigenvalue weighted by molar-refractivity contribution is 7.98. The lowest BCUT2D eigenvalue weighted by atomic mass is 10.1. The molecule has 0 atom stereocenters. The Labute approximate surface area is 187 Å². The van der Waals surface area contributed by atoms with Gasteiger partial charge < -0.3 is 4.74 Å². The van der Waals surface area contributed by atoms with Crippen molar-refractivity contribution in [1.82, 2.24) is 34.6 Å². The molecule has 0 aliphatic heterocycles. The Bertz CT molecular complexity index is 1430. The van der Waals surface area contributed by atoms with Crippen molar-refractivity contribution < 1.29 is 9.53 Å². The van der Waals surface area contributed by atoms with Crippen molar-refractivity contribution >= 4 is 34.7 Å². The summed E-state index contributed by atoms with van der Waals surface area (Å²) in [6, 6.07) is 17.8. The molecular formula is C22H19N7O2S. The third kappa shape index (κ3) is 3.69. The van der Waals surface area contributed by atoms with Crippen molar-refractivity contribution in [3.63, 3.8) is 0 Å². The van der Waals surface area contributed by atoms with Gasteiger partial charge in [0.05, 0.1) is 19.2 Å². The van der Waals surface area contributed by atoms with Crippen molar-refractivity contribution in [3.8, 4) is 5.69 Å². The first-order valence-electron chi connectivity index (χ1n) is 9.94. The van der Waals surface area contributed by atoms with E-state index >= 15 is 0 Å².